The lowest BCUT2D eigenvalue weighted by Gasteiger charge is -2.26. The first kappa shape index (κ1) is 25.8. The van der Waals surface area contributed by atoms with Crippen LogP contribution in [-0.4, -0.2) is 35.1 Å². The van der Waals surface area contributed by atoms with Gasteiger partial charge in [0, 0.05) is 6.07 Å². The molecule has 0 heterocycles. The average molecular weight is 517 g/mol. The number of carbonyl (C=O) groups is 1. The highest BCUT2D eigenvalue weighted by atomic mass is 32.2. The van der Waals surface area contributed by atoms with E-state index < -0.39 is 28.5 Å². The van der Waals surface area contributed by atoms with E-state index in [0.717, 1.165) is 15.4 Å². The van der Waals surface area contributed by atoms with Crippen molar-refractivity contribution >= 4 is 21.6 Å². The molecule has 0 spiro atoms. The van der Waals surface area contributed by atoms with Gasteiger partial charge in [0.1, 0.15) is 6.54 Å². The summed E-state index contributed by atoms with van der Waals surface area (Å²) in [5, 5.41) is 3.02. The van der Waals surface area contributed by atoms with Crippen LogP contribution in [0.15, 0.2) is 114 Å². The number of anilines is 1. The number of sulfonamides is 1. The van der Waals surface area contributed by atoms with Gasteiger partial charge in [-0.05, 0) is 35.4 Å². The summed E-state index contributed by atoms with van der Waals surface area (Å²) in [5.74, 6) is 0.221. The number of methoxy groups -OCH3 is 2. The Morgan fingerprint density at radius 3 is 1.78 bits per heavy atom. The number of hydrogen-bond donors (Lipinski definition) is 1. The number of benzene rings is 4. The van der Waals surface area contributed by atoms with Crippen molar-refractivity contribution in [2.45, 2.75) is 10.9 Å². The normalized spacial score (nSPS) is 11.1. The molecule has 8 heteroatoms. The van der Waals surface area contributed by atoms with Crippen LogP contribution < -0.4 is 19.1 Å². The molecule has 7 nitrogen and oxygen atoms in total. The average Bonchev–Trinajstić information content (AvgIpc) is 2.95. The number of nitrogens with zero attached hydrogens (tertiary/aromatic N) is 1. The van der Waals surface area contributed by atoms with E-state index in [-0.39, 0.29) is 10.6 Å². The molecule has 4 rings (SSSR count). The van der Waals surface area contributed by atoms with Crippen molar-refractivity contribution in [3.8, 4) is 11.5 Å². The number of carbonyl (C=O) groups excluding carboxylic acids is 1. The Labute approximate surface area is 217 Å². The second kappa shape index (κ2) is 11.6. The van der Waals surface area contributed by atoms with Gasteiger partial charge in [0.25, 0.3) is 10.0 Å². The first-order valence-corrected chi connectivity index (χ1v) is 13.1. The molecule has 0 unspecified atom stereocenters. The fourth-order valence-electron chi connectivity index (χ4n) is 4.00. The number of nitrogens with one attached hydrogen (secondary N) is 1. The van der Waals surface area contributed by atoms with Gasteiger partial charge in [-0.15, -0.1) is 0 Å². The third kappa shape index (κ3) is 5.92. The van der Waals surface area contributed by atoms with Crippen molar-refractivity contribution in [2.24, 2.45) is 0 Å². The number of hydrogen-bond acceptors (Lipinski definition) is 5. The van der Waals surface area contributed by atoms with E-state index in [4.69, 9.17) is 9.47 Å². The molecule has 0 aliphatic heterocycles. The van der Waals surface area contributed by atoms with Crippen LogP contribution in [0.1, 0.15) is 17.2 Å². The molecule has 0 saturated heterocycles. The van der Waals surface area contributed by atoms with Crippen molar-refractivity contribution in [2.75, 3.05) is 25.1 Å². The second-order valence-electron chi connectivity index (χ2n) is 8.19. The third-order valence-corrected chi connectivity index (χ3v) is 7.62. The van der Waals surface area contributed by atoms with Crippen LogP contribution in [0.2, 0.25) is 0 Å². The van der Waals surface area contributed by atoms with E-state index in [9.17, 15) is 13.2 Å². The summed E-state index contributed by atoms with van der Waals surface area (Å²) in [5.41, 5.74) is 2.13. The minimum absolute atomic E-state index is 0.0236. The standard InChI is InChI=1S/C29H28N2O5S/c1-35-26-19-18-25(20-27(26)36-2)37(33,34)31(24-16-10-5-11-17-24)21-28(32)30-29(22-12-6-3-7-13-22)23-14-8-4-9-15-23/h3-20,29H,21H2,1-2H3,(H,30,32). The Bertz CT molecular complexity index is 1390. The van der Waals surface area contributed by atoms with Gasteiger partial charge in [-0.1, -0.05) is 78.9 Å². The van der Waals surface area contributed by atoms with Crippen LogP contribution in [0.25, 0.3) is 0 Å². The number of rotatable bonds is 10. The lowest BCUT2D eigenvalue weighted by atomic mass is 9.99. The zero-order chi connectivity index (χ0) is 26.3. The molecular weight excluding hydrogens is 488 g/mol. The maximum Gasteiger partial charge on any atom is 0.264 e. The van der Waals surface area contributed by atoms with Gasteiger partial charge in [0.15, 0.2) is 11.5 Å². The molecule has 4 aromatic carbocycles. The van der Waals surface area contributed by atoms with Crippen LogP contribution >= 0.6 is 0 Å². The number of para-hydroxylation sites is 1. The molecule has 0 saturated carbocycles. The van der Waals surface area contributed by atoms with E-state index in [2.05, 4.69) is 5.32 Å². The highest BCUT2D eigenvalue weighted by molar-refractivity contribution is 7.92. The Hall–Kier alpha value is -4.30. The van der Waals surface area contributed by atoms with Crippen molar-refractivity contribution in [3.05, 3.63) is 120 Å². The topological polar surface area (TPSA) is 84.9 Å². The van der Waals surface area contributed by atoms with Gasteiger partial charge in [0.05, 0.1) is 30.8 Å². The summed E-state index contributed by atoms with van der Waals surface area (Å²) < 4.78 is 39.3. The minimum Gasteiger partial charge on any atom is -0.493 e. The zero-order valence-electron chi connectivity index (χ0n) is 20.6. The molecule has 1 amide bonds. The quantitative estimate of drug-likeness (QED) is 0.327. The first-order chi connectivity index (χ1) is 17.9. The molecular formula is C29H28N2O5S. The summed E-state index contributed by atoms with van der Waals surface area (Å²) in [6.07, 6.45) is 0. The molecule has 0 fully saturated rings. The van der Waals surface area contributed by atoms with Crippen LogP contribution in [0.5, 0.6) is 11.5 Å². The van der Waals surface area contributed by atoms with Crippen molar-refractivity contribution in [1.29, 1.82) is 0 Å². The Morgan fingerprint density at radius 2 is 1.27 bits per heavy atom. The molecule has 0 radical (unpaired) electrons. The third-order valence-electron chi connectivity index (χ3n) is 5.85. The summed E-state index contributed by atoms with van der Waals surface area (Å²) in [6, 6.07) is 31.5. The van der Waals surface area contributed by atoms with Crippen LogP contribution in [-0.2, 0) is 14.8 Å². The number of amides is 1. The molecule has 0 atom stereocenters. The summed E-state index contributed by atoms with van der Waals surface area (Å²) >= 11 is 0. The monoisotopic (exact) mass is 516 g/mol. The maximum atomic E-state index is 13.8. The zero-order valence-corrected chi connectivity index (χ0v) is 21.4. The van der Waals surface area contributed by atoms with Crippen LogP contribution in [0.3, 0.4) is 0 Å². The Morgan fingerprint density at radius 1 is 0.757 bits per heavy atom. The lowest BCUT2D eigenvalue weighted by molar-refractivity contribution is -0.120. The molecule has 0 aromatic heterocycles. The molecule has 1 N–H and O–H groups in total. The van der Waals surface area contributed by atoms with Crippen molar-refractivity contribution in [3.63, 3.8) is 0 Å². The number of ether oxygens (including phenoxy) is 2. The van der Waals surface area contributed by atoms with Gasteiger partial charge in [-0.3, -0.25) is 9.10 Å². The molecule has 0 aliphatic carbocycles. The molecule has 0 bridgehead atoms. The molecule has 4 aromatic rings. The predicted octanol–water partition coefficient (Wildman–Crippen LogP) is 4.80. The molecule has 0 aliphatic rings. The van der Waals surface area contributed by atoms with Crippen molar-refractivity contribution < 1.29 is 22.7 Å². The van der Waals surface area contributed by atoms with Gasteiger partial charge < -0.3 is 14.8 Å². The van der Waals surface area contributed by atoms with E-state index in [1.807, 2.05) is 60.7 Å². The molecule has 190 valence electrons. The Balaban J connectivity index is 1.68. The van der Waals surface area contributed by atoms with E-state index in [0.29, 0.717) is 11.4 Å². The van der Waals surface area contributed by atoms with Gasteiger partial charge >= 0.3 is 0 Å². The summed E-state index contributed by atoms with van der Waals surface area (Å²) in [7, 11) is -1.23. The van der Waals surface area contributed by atoms with E-state index >= 15 is 0 Å². The van der Waals surface area contributed by atoms with Crippen LogP contribution in [0, 0.1) is 0 Å². The Kier molecular flexibility index (Phi) is 8.10. The first-order valence-electron chi connectivity index (χ1n) is 11.6. The smallest absolute Gasteiger partial charge is 0.264 e. The lowest BCUT2D eigenvalue weighted by Crippen LogP contribution is -2.42. The van der Waals surface area contributed by atoms with Gasteiger partial charge in [-0.2, -0.15) is 0 Å². The fourth-order valence-corrected chi connectivity index (χ4v) is 5.44. The highest BCUT2D eigenvalue weighted by Gasteiger charge is 2.29. The maximum absolute atomic E-state index is 13.8. The molecule has 37 heavy (non-hydrogen) atoms. The predicted molar refractivity (Wildman–Crippen MR) is 143 cm³/mol. The SMILES string of the molecule is COc1ccc(S(=O)(=O)N(CC(=O)NC(c2ccccc2)c2ccccc2)c2ccccc2)cc1OC. The highest BCUT2D eigenvalue weighted by Crippen LogP contribution is 2.32. The summed E-state index contributed by atoms with van der Waals surface area (Å²) in [6.45, 7) is -0.420. The fraction of sp³-hybridized carbons (Fsp3) is 0.138. The van der Waals surface area contributed by atoms with Crippen LogP contribution in [0.4, 0.5) is 5.69 Å². The minimum atomic E-state index is -4.13. The van der Waals surface area contributed by atoms with Gasteiger partial charge in [-0.25, -0.2) is 8.42 Å². The summed E-state index contributed by atoms with van der Waals surface area (Å²) in [4.78, 5) is 13.4. The van der Waals surface area contributed by atoms with E-state index in [1.54, 1.807) is 30.3 Å². The second-order valence-corrected chi connectivity index (χ2v) is 10.0. The van der Waals surface area contributed by atoms with Crippen molar-refractivity contribution in [1.82, 2.24) is 5.32 Å². The van der Waals surface area contributed by atoms with Gasteiger partial charge in [0.2, 0.25) is 5.91 Å². The largest absolute Gasteiger partial charge is 0.493 e. The van der Waals surface area contributed by atoms with E-state index in [1.165, 1.54) is 32.4 Å².